The largest absolute Gasteiger partial charge is 0.360 e. The van der Waals surface area contributed by atoms with Crippen LogP contribution in [0.3, 0.4) is 0 Å². The average molecular weight is 317 g/mol. The Morgan fingerprint density at radius 3 is 2.61 bits per heavy atom. The van der Waals surface area contributed by atoms with Crippen molar-refractivity contribution in [3.05, 3.63) is 29.2 Å². The minimum Gasteiger partial charge on any atom is -0.360 e. The molecule has 2 aliphatic rings. The molecule has 1 saturated heterocycles. The Bertz CT molecular complexity index is 655. The van der Waals surface area contributed by atoms with Gasteiger partial charge >= 0.3 is 0 Å². The van der Waals surface area contributed by atoms with E-state index in [0.29, 0.717) is 5.92 Å². The molecule has 1 aliphatic carbocycles. The Kier molecular flexibility index (Phi) is 3.90. The highest BCUT2D eigenvalue weighted by Crippen LogP contribution is 2.38. The van der Waals surface area contributed by atoms with Crippen molar-refractivity contribution in [3.8, 4) is 0 Å². The van der Waals surface area contributed by atoms with E-state index in [0.717, 1.165) is 55.9 Å². The number of hydrogen-bond donors (Lipinski definition) is 0. The summed E-state index contributed by atoms with van der Waals surface area (Å²) in [6, 6.07) is 2.19. The topological polar surface area (TPSA) is 71.4 Å². The fraction of sp³-hybridized carbons (Fsp3) is 0.688. The lowest BCUT2D eigenvalue weighted by Gasteiger charge is -2.36. The normalized spacial score (nSPS) is 21.7. The van der Waals surface area contributed by atoms with E-state index in [1.807, 2.05) is 13.0 Å². The van der Waals surface area contributed by atoms with Crippen molar-refractivity contribution >= 4 is 0 Å². The molecule has 0 amide bonds. The number of rotatable bonds is 5. The van der Waals surface area contributed by atoms with E-state index >= 15 is 0 Å². The lowest BCUT2D eigenvalue weighted by atomic mass is 10.2. The molecule has 0 bridgehead atoms. The molecule has 7 nitrogen and oxygen atoms in total. The molecule has 0 radical (unpaired) electrons. The zero-order valence-corrected chi connectivity index (χ0v) is 13.7. The summed E-state index contributed by atoms with van der Waals surface area (Å²) in [4.78, 5) is 9.39. The van der Waals surface area contributed by atoms with Crippen LogP contribution in [0.2, 0.25) is 0 Å². The summed E-state index contributed by atoms with van der Waals surface area (Å²) in [5, 5.41) is 8.07. The van der Waals surface area contributed by atoms with Gasteiger partial charge in [0.25, 0.3) is 0 Å². The van der Waals surface area contributed by atoms with Crippen molar-refractivity contribution < 1.29 is 9.05 Å². The fourth-order valence-electron chi connectivity index (χ4n) is 3.10. The molecule has 2 aromatic heterocycles. The van der Waals surface area contributed by atoms with Crippen LogP contribution in [-0.4, -0.2) is 51.3 Å². The molecule has 2 aromatic rings. The lowest BCUT2D eigenvalue weighted by molar-refractivity contribution is 0.0795. The van der Waals surface area contributed by atoms with Crippen molar-refractivity contribution in [2.75, 3.05) is 26.2 Å². The van der Waals surface area contributed by atoms with Crippen molar-refractivity contribution in [2.24, 2.45) is 0 Å². The first-order valence-electron chi connectivity index (χ1n) is 8.41. The minimum atomic E-state index is 0.185. The van der Waals surface area contributed by atoms with E-state index in [9.17, 15) is 0 Å². The maximum atomic E-state index is 5.47. The highest BCUT2D eigenvalue weighted by atomic mass is 16.5. The van der Waals surface area contributed by atoms with E-state index in [1.165, 1.54) is 12.8 Å². The average Bonchev–Trinajstić information content (AvgIpc) is 3.15. The molecule has 1 aliphatic heterocycles. The van der Waals surface area contributed by atoms with Crippen LogP contribution >= 0.6 is 0 Å². The van der Waals surface area contributed by atoms with Crippen molar-refractivity contribution in [1.29, 1.82) is 0 Å². The summed E-state index contributed by atoms with van der Waals surface area (Å²) < 4.78 is 10.8. The first-order chi connectivity index (χ1) is 11.2. The number of hydrogen-bond acceptors (Lipinski definition) is 7. The number of nitrogens with zero attached hydrogens (tertiary/aromatic N) is 5. The second-order valence-corrected chi connectivity index (χ2v) is 6.69. The molecule has 0 unspecified atom stereocenters. The van der Waals surface area contributed by atoms with Gasteiger partial charge in [0.05, 0.1) is 18.3 Å². The van der Waals surface area contributed by atoms with E-state index in [4.69, 9.17) is 9.05 Å². The molecule has 0 spiro atoms. The molecule has 23 heavy (non-hydrogen) atoms. The lowest BCUT2D eigenvalue weighted by Crippen LogP contribution is -2.46. The predicted octanol–water partition coefficient (Wildman–Crippen LogP) is 2.12. The van der Waals surface area contributed by atoms with E-state index in [2.05, 4.69) is 32.0 Å². The molecule has 0 N–H and O–H groups in total. The Balaban J connectivity index is 1.31. The van der Waals surface area contributed by atoms with Gasteiger partial charge in [-0.15, -0.1) is 0 Å². The first-order valence-corrected chi connectivity index (χ1v) is 8.41. The van der Waals surface area contributed by atoms with Crippen LogP contribution in [-0.2, 0) is 6.54 Å². The zero-order valence-electron chi connectivity index (χ0n) is 13.7. The van der Waals surface area contributed by atoms with Crippen LogP contribution < -0.4 is 0 Å². The van der Waals surface area contributed by atoms with Crippen LogP contribution in [0.15, 0.2) is 15.1 Å². The van der Waals surface area contributed by atoms with Gasteiger partial charge in [-0.05, 0) is 26.7 Å². The van der Waals surface area contributed by atoms with Crippen molar-refractivity contribution in [3.63, 3.8) is 0 Å². The SMILES string of the molecule is Cc1cc(CN2CCN([C@H](C)c3nc(C4CC4)no3)CC2)on1. The molecule has 2 fully saturated rings. The zero-order chi connectivity index (χ0) is 15.8. The summed E-state index contributed by atoms with van der Waals surface area (Å²) in [6.45, 7) is 8.94. The molecule has 1 saturated carbocycles. The number of aromatic nitrogens is 3. The number of aryl methyl sites for hydroxylation is 1. The second-order valence-electron chi connectivity index (χ2n) is 6.69. The third-order valence-corrected chi connectivity index (χ3v) is 4.77. The Hall–Kier alpha value is -1.73. The van der Waals surface area contributed by atoms with Crippen LogP contribution in [0.4, 0.5) is 0 Å². The van der Waals surface area contributed by atoms with Gasteiger partial charge in [0, 0.05) is 38.2 Å². The first kappa shape index (κ1) is 14.8. The molecular weight excluding hydrogens is 294 g/mol. The van der Waals surface area contributed by atoms with Crippen LogP contribution in [0, 0.1) is 6.92 Å². The monoisotopic (exact) mass is 317 g/mol. The van der Waals surface area contributed by atoms with Gasteiger partial charge in [-0.25, -0.2) is 0 Å². The molecule has 124 valence electrons. The quantitative estimate of drug-likeness (QED) is 0.836. The van der Waals surface area contributed by atoms with E-state index < -0.39 is 0 Å². The van der Waals surface area contributed by atoms with E-state index in [1.54, 1.807) is 0 Å². The third-order valence-electron chi connectivity index (χ3n) is 4.77. The number of piperazine rings is 1. The van der Waals surface area contributed by atoms with Gasteiger partial charge in [0.2, 0.25) is 5.89 Å². The second kappa shape index (κ2) is 6.05. The maximum Gasteiger partial charge on any atom is 0.243 e. The summed E-state index contributed by atoms with van der Waals surface area (Å²) in [7, 11) is 0. The summed E-state index contributed by atoms with van der Waals surface area (Å²) >= 11 is 0. The molecule has 0 aromatic carbocycles. The highest BCUT2D eigenvalue weighted by molar-refractivity contribution is 5.05. The molecule has 4 rings (SSSR count). The van der Waals surface area contributed by atoms with Gasteiger partial charge < -0.3 is 9.05 Å². The van der Waals surface area contributed by atoms with E-state index in [-0.39, 0.29) is 6.04 Å². The van der Waals surface area contributed by atoms with Gasteiger partial charge in [-0.3, -0.25) is 9.80 Å². The van der Waals surface area contributed by atoms with Crippen molar-refractivity contribution in [1.82, 2.24) is 25.1 Å². The smallest absolute Gasteiger partial charge is 0.243 e. The minimum absolute atomic E-state index is 0.185. The van der Waals surface area contributed by atoms with Gasteiger partial charge in [-0.1, -0.05) is 10.3 Å². The fourth-order valence-corrected chi connectivity index (χ4v) is 3.10. The van der Waals surface area contributed by atoms with Crippen LogP contribution in [0.5, 0.6) is 0 Å². The molecule has 1 atom stereocenters. The van der Waals surface area contributed by atoms with Crippen LogP contribution in [0.1, 0.15) is 54.9 Å². The summed E-state index contributed by atoms with van der Waals surface area (Å²) in [5.41, 5.74) is 0.940. The maximum absolute atomic E-state index is 5.47. The standard InChI is InChI=1S/C16H23N5O2/c1-11-9-14(22-18-11)10-20-5-7-21(8-6-20)12(2)16-17-15(19-23-16)13-3-4-13/h9,12-13H,3-8,10H2,1-2H3/t12-/m1/s1. The third kappa shape index (κ3) is 3.30. The Morgan fingerprint density at radius 1 is 1.17 bits per heavy atom. The van der Waals surface area contributed by atoms with Gasteiger partial charge in [-0.2, -0.15) is 4.98 Å². The summed E-state index contributed by atoms with van der Waals surface area (Å²) in [6.07, 6.45) is 2.40. The van der Waals surface area contributed by atoms with Crippen molar-refractivity contribution in [2.45, 2.75) is 45.2 Å². The molecule has 7 heteroatoms. The van der Waals surface area contributed by atoms with Gasteiger partial charge in [0.1, 0.15) is 0 Å². The summed E-state index contributed by atoms with van der Waals surface area (Å²) in [5.74, 6) is 3.13. The highest BCUT2D eigenvalue weighted by Gasteiger charge is 2.31. The van der Waals surface area contributed by atoms with Crippen LogP contribution in [0.25, 0.3) is 0 Å². The predicted molar refractivity (Wildman–Crippen MR) is 82.8 cm³/mol. The molecular formula is C16H23N5O2. The molecule has 3 heterocycles. The Labute approximate surface area is 135 Å². The van der Waals surface area contributed by atoms with Gasteiger partial charge in [0.15, 0.2) is 11.6 Å². The Morgan fingerprint density at radius 2 is 1.96 bits per heavy atom.